The molecule has 1 aliphatic rings. The lowest BCUT2D eigenvalue weighted by atomic mass is 9.96. The largest absolute Gasteiger partial charge is 0.348 e. The van der Waals surface area contributed by atoms with Crippen molar-refractivity contribution in [3.05, 3.63) is 71.8 Å². The van der Waals surface area contributed by atoms with Crippen LogP contribution in [0, 0.1) is 11.7 Å². The number of thioether (sulfide) groups is 1. The van der Waals surface area contributed by atoms with Crippen LogP contribution in [0.5, 0.6) is 0 Å². The number of amides is 1. The van der Waals surface area contributed by atoms with Gasteiger partial charge in [-0.1, -0.05) is 62.4 Å². The Balaban J connectivity index is 1.49. The Labute approximate surface area is 205 Å². The van der Waals surface area contributed by atoms with E-state index in [1.807, 2.05) is 34.9 Å². The molecule has 0 bridgehead atoms. The maximum atomic E-state index is 13.6. The van der Waals surface area contributed by atoms with E-state index in [1.165, 1.54) is 43.2 Å². The number of carbonyl (C=O) groups is 1. The fourth-order valence-electron chi connectivity index (χ4n) is 4.30. The number of nitrogens with zero attached hydrogens (tertiary/aromatic N) is 4. The van der Waals surface area contributed by atoms with Crippen LogP contribution >= 0.6 is 11.8 Å². The van der Waals surface area contributed by atoms with E-state index >= 15 is 0 Å². The van der Waals surface area contributed by atoms with E-state index in [4.69, 9.17) is 0 Å². The first-order chi connectivity index (χ1) is 16.5. The van der Waals surface area contributed by atoms with Gasteiger partial charge in [0.15, 0.2) is 11.0 Å². The summed E-state index contributed by atoms with van der Waals surface area (Å²) in [5.74, 6) is 0.942. The molecule has 1 N–H and O–H groups in total. The zero-order chi connectivity index (χ0) is 23.9. The third-order valence-electron chi connectivity index (χ3n) is 6.07. The Morgan fingerprint density at radius 2 is 1.74 bits per heavy atom. The van der Waals surface area contributed by atoms with Crippen molar-refractivity contribution < 1.29 is 9.18 Å². The number of piperidine rings is 1. The van der Waals surface area contributed by atoms with Crippen LogP contribution in [0.3, 0.4) is 0 Å². The van der Waals surface area contributed by atoms with Gasteiger partial charge < -0.3 is 5.32 Å². The topological polar surface area (TPSA) is 63.1 Å². The van der Waals surface area contributed by atoms with Crippen LogP contribution in [0.4, 0.5) is 4.39 Å². The molecule has 2 aromatic carbocycles. The van der Waals surface area contributed by atoms with E-state index in [0.29, 0.717) is 11.7 Å². The number of hydrogen-bond donors (Lipinski definition) is 1. The van der Waals surface area contributed by atoms with Gasteiger partial charge >= 0.3 is 0 Å². The predicted molar refractivity (Wildman–Crippen MR) is 133 cm³/mol. The summed E-state index contributed by atoms with van der Waals surface area (Å²) < 4.78 is 15.5. The number of hydrogen-bond acceptors (Lipinski definition) is 5. The first-order valence-electron chi connectivity index (χ1n) is 11.9. The lowest BCUT2D eigenvalue weighted by Gasteiger charge is -2.26. The Hall–Kier alpha value is -2.71. The second-order valence-corrected chi connectivity index (χ2v) is 9.98. The van der Waals surface area contributed by atoms with E-state index in [-0.39, 0.29) is 29.4 Å². The fourth-order valence-corrected chi connectivity index (χ4v) is 5.09. The molecule has 4 rings (SSSR count). The molecule has 180 valence electrons. The van der Waals surface area contributed by atoms with E-state index < -0.39 is 0 Å². The quantitative estimate of drug-likeness (QED) is 0.436. The van der Waals surface area contributed by atoms with Crippen molar-refractivity contribution in [2.75, 3.05) is 18.8 Å². The molecule has 1 fully saturated rings. The SMILES string of the molecule is CC(C)C(NC(=O)CSc1nnc(CN2CCCCC2)n1-c1ccc(F)cc1)c1ccccc1. The Kier molecular flexibility index (Phi) is 8.34. The molecule has 1 saturated heterocycles. The third kappa shape index (κ3) is 6.24. The molecular weight excluding hydrogens is 449 g/mol. The zero-order valence-corrected chi connectivity index (χ0v) is 20.6. The van der Waals surface area contributed by atoms with Gasteiger partial charge in [-0.05, 0) is 61.7 Å². The summed E-state index contributed by atoms with van der Waals surface area (Å²) in [7, 11) is 0. The first-order valence-corrected chi connectivity index (χ1v) is 12.9. The van der Waals surface area contributed by atoms with Gasteiger partial charge in [0.2, 0.25) is 5.91 Å². The summed E-state index contributed by atoms with van der Waals surface area (Å²) in [6.07, 6.45) is 3.63. The van der Waals surface area contributed by atoms with Gasteiger partial charge in [-0.3, -0.25) is 14.3 Å². The van der Waals surface area contributed by atoms with Gasteiger partial charge in [0.25, 0.3) is 0 Å². The minimum Gasteiger partial charge on any atom is -0.348 e. The summed E-state index contributed by atoms with van der Waals surface area (Å²) in [6.45, 7) is 6.96. The van der Waals surface area contributed by atoms with Gasteiger partial charge in [-0.15, -0.1) is 10.2 Å². The fraction of sp³-hybridized carbons (Fsp3) is 0.423. The highest BCUT2D eigenvalue weighted by Crippen LogP contribution is 2.25. The van der Waals surface area contributed by atoms with Crippen LogP contribution in [0.25, 0.3) is 5.69 Å². The lowest BCUT2D eigenvalue weighted by Crippen LogP contribution is -2.33. The summed E-state index contributed by atoms with van der Waals surface area (Å²) in [6, 6.07) is 16.3. The summed E-state index contributed by atoms with van der Waals surface area (Å²) in [5, 5.41) is 12.7. The Morgan fingerprint density at radius 1 is 1.03 bits per heavy atom. The normalized spacial score (nSPS) is 15.4. The van der Waals surface area contributed by atoms with E-state index in [9.17, 15) is 9.18 Å². The average Bonchev–Trinajstić information content (AvgIpc) is 3.25. The van der Waals surface area contributed by atoms with Gasteiger partial charge in [0.05, 0.1) is 18.3 Å². The van der Waals surface area contributed by atoms with Crippen molar-refractivity contribution in [3.63, 3.8) is 0 Å². The summed E-state index contributed by atoms with van der Waals surface area (Å²) in [5.41, 5.74) is 1.89. The molecule has 0 radical (unpaired) electrons. The number of likely N-dealkylation sites (tertiary alicyclic amines) is 1. The molecule has 1 unspecified atom stereocenters. The standard InChI is InChI=1S/C26H32FN5OS/c1-19(2)25(20-9-5-3-6-10-20)28-24(33)18-34-26-30-29-23(17-31-15-7-4-8-16-31)32(26)22-13-11-21(27)12-14-22/h3,5-6,9-14,19,25H,4,7-8,15-18H2,1-2H3,(H,28,33). The molecule has 3 aromatic rings. The number of carbonyl (C=O) groups excluding carboxylic acids is 1. The predicted octanol–water partition coefficient (Wildman–Crippen LogP) is 5.00. The highest BCUT2D eigenvalue weighted by atomic mass is 32.2. The zero-order valence-electron chi connectivity index (χ0n) is 19.8. The van der Waals surface area contributed by atoms with E-state index in [2.05, 4.69) is 34.3 Å². The van der Waals surface area contributed by atoms with Crippen molar-refractivity contribution in [2.24, 2.45) is 5.92 Å². The second kappa shape index (κ2) is 11.6. The van der Waals surface area contributed by atoms with Crippen molar-refractivity contribution in [1.29, 1.82) is 0 Å². The Morgan fingerprint density at radius 3 is 2.41 bits per heavy atom. The molecule has 2 heterocycles. The molecule has 1 aliphatic heterocycles. The number of benzene rings is 2. The summed E-state index contributed by atoms with van der Waals surface area (Å²) >= 11 is 1.35. The first kappa shape index (κ1) is 24.4. The van der Waals surface area contributed by atoms with Gasteiger partial charge in [-0.25, -0.2) is 4.39 Å². The number of aromatic nitrogens is 3. The van der Waals surface area contributed by atoms with Gasteiger partial charge in [-0.2, -0.15) is 0 Å². The molecule has 1 atom stereocenters. The second-order valence-electron chi connectivity index (χ2n) is 9.04. The van der Waals surface area contributed by atoms with Crippen molar-refractivity contribution in [2.45, 2.75) is 50.9 Å². The maximum absolute atomic E-state index is 13.6. The van der Waals surface area contributed by atoms with Crippen LogP contribution in [0.2, 0.25) is 0 Å². The summed E-state index contributed by atoms with van der Waals surface area (Å²) in [4.78, 5) is 15.3. The smallest absolute Gasteiger partial charge is 0.230 e. The molecule has 8 heteroatoms. The minimum absolute atomic E-state index is 0.0565. The van der Waals surface area contributed by atoms with Crippen LogP contribution < -0.4 is 5.32 Å². The molecule has 0 saturated carbocycles. The molecule has 0 spiro atoms. The lowest BCUT2D eigenvalue weighted by molar-refractivity contribution is -0.119. The molecule has 34 heavy (non-hydrogen) atoms. The molecule has 6 nitrogen and oxygen atoms in total. The van der Waals surface area contributed by atoms with Gasteiger partial charge in [0.1, 0.15) is 5.82 Å². The van der Waals surface area contributed by atoms with Crippen LogP contribution in [0.15, 0.2) is 59.8 Å². The van der Waals surface area contributed by atoms with E-state index in [1.54, 1.807) is 12.1 Å². The minimum atomic E-state index is -0.288. The van der Waals surface area contributed by atoms with E-state index in [0.717, 1.165) is 30.2 Å². The third-order valence-corrected chi connectivity index (χ3v) is 7.00. The number of halogens is 1. The van der Waals surface area contributed by atoms with Crippen molar-refractivity contribution in [1.82, 2.24) is 25.0 Å². The van der Waals surface area contributed by atoms with Crippen LogP contribution in [-0.4, -0.2) is 44.4 Å². The van der Waals surface area contributed by atoms with Crippen molar-refractivity contribution >= 4 is 17.7 Å². The van der Waals surface area contributed by atoms with Gasteiger partial charge in [0, 0.05) is 5.69 Å². The number of rotatable bonds is 9. The van der Waals surface area contributed by atoms with Crippen LogP contribution in [0.1, 0.15) is 50.5 Å². The maximum Gasteiger partial charge on any atom is 0.230 e. The molecule has 1 amide bonds. The Bertz CT molecular complexity index is 1060. The molecule has 0 aliphatic carbocycles. The highest BCUT2D eigenvalue weighted by molar-refractivity contribution is 7.99. The average molecular weight is 482 g/mol. The molecule has 1 aromatic heterocycles. The number of nitrogens with one attached hydrogen (secondary N) is 1. The van der Waals surface area contributed by atoms with Crippen LogP contribution in [-0.2, 0) is 11.3 Å². The molecular formula is C26H32FN5OS. The monoisotopic (exact) mass is 481 g/mol. The van der Waals surface area contributed by atoms with Crippen molar-refractivity contribution in [3.8, 4) is 5.69 Å². The highest BCUT2D eigenvalue weighted by Gasteiger charge is 2.21.